The maximum Gasteiger partial charge on any atom is 0.241 e. The van der Waals surface area contributed by atoms with Crippen molar-refractivity contribution in [1.29, 1.82) is 0 Å². The van der Waals surface area contributed by atoms with Crippen LogP contribution >= 0.6 is 27.3 Å². The molecule has 4 nitrogen and oxygen atoms in total. The third kappa shape index (κ3) is 4.12. The minimum absolute atomic E-state index is 0.270. The molecule has 0 amide bonds. The number of thiazole rings is 1. The van der Waals surface area contributed by atoms with Gasteiger partial charge in [-0.1, -0.05) is 35.0 Å². The van der Waals surface area contributed by atoms with Gasteiger partial charge in [-0.15, -0.1) is 11.3 Å². The number of rotatable bonds is 6. The number of nitrogens with zero attached hydrogens (tertiary/aromatic N) is 1. The van der Waals surface area contributed by atoms with Crippen LogP contribution < -0.4 is 4.72 Å². The van der Waals surface area contributed by atoms with Crippen LogP contribution in [0, 0.1) is 0 Å². The highest BCUT2D eigenvalue weighted by atomic mass is 79.9. The lowest BCUT2D eigenvalue weighted by atomic mass is 10.2. The molecule has 0 aliphatic carbocycles. The van der Waals surface area contributed by atoms with Gasteiger partial charge in [0.05, 0.1) is 10.9 Å². The fourth-order valence-corrected chi connectivity index (χ4v) is 4.31. The maximum atomic E-state index is 12.3. The van der Waals surface area contributed by atoms with Crippen molar-refractivity contribution in [3.8, 4) is 0 Å². The molecule has 0 saturated carbocycles. The van der Waals surface area contributed by atoms with Crippen LogP contribution in [-0.4, -0.2) is 13.4 Å². The van der Waals surface area contributed by atoms with Crippen molar-refractivity contribution in [2.24, 2.45) is 0 Å². The average molecular weight is 389 g/mol. The summed E-state index contributed by atoms with van der Waals surface area (Å²) >= 11 is 4.88. The van der Waals surface area contributed by atoms with Crippen molar-refractivity contribution in [3.05, 3.63) is 45.9 Å². The molecule has 1 N–H and O–H groups in total. The zero-order valence-corrected chi connectivity index (χ0v) is 15.1. The Labute approximate surface area is 137 Å². The van der Waals surface area contributed by atoms with E-state index in [0.29, 0.717) is 5.33 Å². The predicted molar refractivity (Wildman–Crippen MR) is 89.3 cm³/mol. The van der Waals surface area contributed by atoms with Crippen LogP contribution in [0.3, 0.4) is 0 Å². The van der Waals surface area contributed by atoms with E-state index >= 15 is 0 Å². The normalized spacial score (nSPS) is 13.3. The molecular weight excluding hydrogens is 372 g/mol. The molecule has 1 unspecified atom stereocenters. The number of aromatic nitrogens is 1. The highest BCUT2D eigenvalue weighted by Gasteiger charge is 2.20. The number of aryl methyl sites for hydroxylation is 1. The third-order valence-corrected chi connectivity index (χ3v) is 6.54. The minimum Gasteiger partial charge on any atom is -0.248 e. The van der Waals surface area contributed by atoms with E-state index in [-0.39, 0.29) is 10.9 Å². The second-order valence-electron chi connectivity index (χ2n) is 4.64. The molecule has 2 aromatic rings. The van der Waals surface area contributed by atoms with E-state index in [4.69, 9.17) is 0 Å². The lowest BCUT2D eigenvalue weighted by molar-refractivity contribution is 0.566. The number of hydrogen-bond donors (Lipinski definition) is 1. The lowest BCUT2D eigenvalue weighted by Gasteiger charge is -2.12. The molecule has 0 spiro atoms. The number of hydrogen-bond acceptors (Lipinski definition) is 4. The third-order valence-electron chi connectivity index (χ3n) is 3.01. The van der Waals surface area contributed by atoms with Gasteiger partial charge < -0.3 is 0 Å². The van der Waals surface area contributed by atoms with Crippen molar-refractivity contribution in [3.63, 3.8) is 0 Å². The van der Waals surface area contributed by atoms with Crippen molar-refractivity contribution in [2.45, 2.75) is 36.5 Å². The van der Waals surface area contributed by atoms with E-state index in [1.807, 2.05) is 6.92 Å². The smallest absolute Gasteiger partial charge is 0.241 e. The molecule has 0 fully saturated rings. The number of sulfonamides is 1. The summed E-state index contributed by atoms with van der Waals surface area (Å²) in [7, 11) is -3.53. The van der Waals surface area contributed by atoms with Gasteiger partial charge in [0.1, 0.15) is 5.01 Å². The molecule has 1 atom stereocenters. The topological polar surface area (TPSA) is 59.1 Å². The molecule has 21 heavy (non-hydrogen) atoms. The van der Waals surface area contributed by atoms with Gasteiger partial charge in [0.2, 0.25) is 10.0 Å². The molecule has 7 heteroatoms. The molecule has 0 aliphatic heterocycles. The van der Waals surface area contributed by atoms with Crippen LogP contribution in [0.2, 0.25) is 0 Å². The standard InChI is InChI=1S/C14H17BrN2O2S2/c1-3-12-9-16-14(20-12)10(2)17-21(18,19)13-6-4-11(8-15)5-7-13/h4-7,9-10,17H,3,8H2,1-2H3. The Morgan fingerprint density at radius 3 is 2.52 bits per heavy atom. The van der Waals surface area contributed by atoms with Crippen LogP contribution in [0.4, 0.5) is 0 Å². The van der Waals surface area contributed by atoms with Crippen LogP contribution in [0.1, 0.15) is 35.3 Å². The van der Waals surface area contributed by atoms with Gasteiger partial charge in [-0.05, 0) is 31.0 Å². The first kappa shape index (κ1) is 16.6. The first-order chi connectivity index (χ1) is 9.96. The molecule has 1 aromatic carbocycles. The summed E-state index contributed by atoms with van der Waals surface area (Å²) in [4.78, 5) is 5.70. The highest BCUT2D eigenvalue weighted by molar-refractivity contribution is 9.08. The van der Waals surface area contributed by atoms with E-state index in [9.17, 15) is 8.42 Å². The molecule has 0 saturated heterocycles. The Kier molecular flexibility index (Phi) is 5.54. The van der Waals surface area contributed by atoms with Crippen LogP contribution in [0.15, 0.2) is 35.4 Å². The molecule has 1 aromatic heterocycles. The van der Waals surface area contributed by atoms with Crippen LogP contribution in [0.5, 0.6) is 0 Å². The number of alkyl halides is 1. The van der Waals surface area contributed by atoms with E-state index < -0.39 is 10.0 Å². The number of nitrogens with one attached hydrogen (secondary N) is 1. The first-order valence-corrected chi connectivity index (χ1v) is 10.00. The van der Waals surface area contributed by atoms with Crippen LogP contribution in [0.25, 0.3) is 0 Å². The summed E-state index contributed by atoms with van der Waals surface area (Å²) in [6, 6.07) is 6.49. The summed E-state index contributed by atoms with van der Waals surface area (Å²) in [5.74, 6) is 0. The second-order valence-corrected chi connectivity index (χ2v) is 8.06. The summed E-state index contributed by atoms with van der Waals surface area (Å²) in [6.45, 7) is 3.86. The van der Waals surface area contributed by atoms with Gasteiger partial charge in [-0.2, -0.15) is 0 Å². The Morgan fingerprint density at radius 1 is 1.33 bits per heavy atom. The Hall–Kier alpha value is -0.760. The molecule has 0 radical (unpaired) electrons. The highest BCUT2D eigenvalue weighted by Crippen LogP contribution is 2.22. The average Bonchev–Trinajstić information content (AvgIpc) is 2.96. The van der Waals surface area contributed by atoms with E-state index in [0.717, 1.165) is 21.9 Å². The number of halogens is 1. The second kappa shape index (κ2) is 7.00. The fraction of sp³-hybridized carbons (Fsp3) is 0.357. The Balaban J connectivity index is 2.15. The van der Waals surface area contributed by atoms with Crippen molar-refractivity contribution in [2.75, 3.05) is 0 Å². The quantitative estimate of drug-likeness (QED) is 0.768. The molecule has 2 rings (SSSR count). The van der Waals surface area contributed by atoms with Gasteiger partial charge in [-0.3, -0.25) is 0 Å². The predicted octanol–water partition coefficient (Wildman–Crippen LogP) is 3.64. The Morgan fingerprint density at radius 2 is 2.00 bits per heavy atom. The summed E-state index contributed by atoms with van der Waals surface area (Å²) < 4.78 is 27.4. The van der Waals surface area contributed by atoms with Gasteiger partial charge in [0, 0.05) is 16.4 Å². The molecule has 0 aliphatic rings. The minimum atomic E-state index is -3.53. The molecule has 1 heterocycles. The zero-order valence-electron chi connectivity index (χ0n) is 11.8. The SMILES string of the molecule is CCc1cnc(C(C)NS(=O)(=O)c2ccc(CBr)cc2)s1. The van der Waals surface area contributed by atoms with E-state index in [1.54, 1.807) is 30.5 Å². The van der Waals surface area contributed by atoms with Crippen molar-refractivity contribution in [1.82, 2.24) is 9.71 Å². The molecular formula is C14H17BrN2O2S2. The fourth-order valence-electron chi connectivity index (χ4n) is 1.80. The van der Waals surface area contributed by atoms with Crippen LogP contribution in [-0.2, 0) is 21.8 Å². The lowest BCUT2D eigenvalue weighted by Crippen LogP contribution is -2.26. The Bertz CT molecular complexity index is 696. The largest absolute Gasteiger partial charge is 0.248 e. The molecule has 114 valence electrons. The first-order valence-electron chi connectivity index (χ1n) is 6.58. The van der Waals surface area contributed by atoms with Crippen molar-refractivity contribution >= 4 is 37.3 Å². The van der Waals surface area contributed by atoms with E-state index in [2.05, 4.69) is 32.6 Å². The maximum absolute atomic E-state index is 12.3. The summed E-state index contributed by atoms with van der Waals surface area (Å²) in [5.41, 5.74) is 1.04. The van der Waals surface area contributed by atoms with Gasteiger partial charge >= 0.3 is 0 Å². The van der Waals surface area contributed by atoms with Gasteiger partial charge in [0.15, 0.2) is 0 Å². The van der Waals surface area contributed by atoms with E-state index in [1.165, 1.54) is 11.3 Å². The molecule has 0 bridgehead atoms. The number of benzene rings is 1. The van der Waals surface area contributed by atoms with Crippen molar-refractivity contribution < 1.29 is 8.42 Å². The monoisotopic (exact) mass is 388 g/mol. The van der Waals surface area contributed by atoms with Gasteiger partial charge in [0.25, 0.3) is 0 Å². The van der Waals surface area contributed by atoms with Gasteiger partial charge in [-0.25, -0.2) is 18.1 Å². The summed E-state index contributed by atoms with van der Waals surface area (Å²) in [6.07, 6.45) is 2.71. The zero-order chi connectivity index (χ0) is 15.5. The summed E-state index contributed by atoms with van der Waals surface area (Å²) in [5, 5.41) is 1.49.